The number of hydrogen-bond donors (Lipinski definition) is 1. The Morgan fingerprint density at radius 3 is 2.21 bits per heavy atom. The summed E-state index contributed by atoms with van der Waals surface area (Å²) >= 11 is 18.1. The van der Waals surface area contributed by atoms with E-state index in [2.05, 4.69) is 10.3 Å². The molecule has 0 aliphatic carbocycles. The lowest BCUT2D eigenvalue weighted by molar-refractivity contribution is 0.544. The third kappa shape index (κ3) is 2.66. The predicted octanol–water partition coefficient (Wildman–Crippen LogP) is 4.11. The molecule has 0 saturated carbocycles. The van der Waals surface area contributed by atoms with Gasteiger partial charge in [-0.1, -0.05) is 60.8 Å². The molecule has 0 atom stereocenters. The third-order valence-corrected chi connectivity index (χ3v) is 3.65. The molecule has 0 saturated heterocycles. The van der Waals surface area contributed by atoms with Gasteiger partial charge in [-0.25, -0.2) is 4.68 Å². The topological polar surface area (TPSA) is 56.7 Å². The average molecular weight is 320 g/mol. The van der Waals surface area contributed by atoms with E-state index in [1.54, 1.807) is 16.8 Å². The van der Waals surface area contributed by atoms with Crippen LogP contribution in [0.25, 0.3) is 5.69 Å². The van der Waals surface area contributed by atoms with Gasteiger partial charge in [-0.15, -0.1) is 5.10 Å². The second-order valence-corrected chi connectivity index (χ2v) is 6.42. The van der Waals surface area contributed by atoms with E-state index in [9.17, 15) is 0 Å². The molecule has 2 aromatic rings. The summed E-state index contributed by atoms with van der Waals surface area (Å²) in [6, 6.07) is 3.22. The van der Waals surface area contributed by atoms with Gasteiger partial charge in [-0.05, 0) is 12.1 Å². The molecule has 4 nitrogen and oxygen atoms in total. The van der Waals surface area contributed by atoms with Gasteiger partial charge in [0.2, 0.25) is 0 Å². The summed E-state index contributed by atoms with van der Waals surface area (Å²) in [6.07, 6.45) is 0. The molecule has 2 rings (SSSR count). The quantitative estimate of drug-likeness (QED) is 0.805. The molecule has 1 aromatic carbocycles. The zero-order valence-corrected chi connectivity index (χ0v) is 13.0. The highest BCUT2D eigenvalue weighted by Gasteiger charge is 2.26. The normalized spacial score (nSPS) is 11.9. The van der Waals surface area contributed by atoms with Crippen LogP contribution in [0.2, 0.25) is 15.1 Å². The zero-order chi connectivity index (χ0) is 14.4. The number of aromatic nitrogens is 3. The number of rotatable bonds is 1. The molecular formula is C12H13Cl3N4. The van der Waals surface area contributed by atoms with Crippen molar-refractivity contribution in [2.75, 3.05) is 5.73 Å². The van der Waals surface area contributed by atoms with E-state index in [4.69, 9.17) is 40.5 Å². The van der Waals surface area contributed by atoms with E-state index in [0.29, 0.717) is 26.6 Å². The molecule has 102 valence electrons. The first-order valence-corrected chi connectivity index (χ1v) is 6.72. The molecule has 1 aromatic heterocycles. The molecule has 0 amide bonds. The van der Waals surface area contributed by atoms with Crippen molar-refractivity contribution in [2.24, 2.45) is 0 Å². The Morgan fingerprint density at radius 2 is 1.63 bits per heavy atom. The van der Waals surface area contributed by atoms with Gasteiger partial charge in [0.05, 0.1) is 26.4 Å². The minimum atomic E-state index is -0.233. The van der Waals surface area contributed by atoms with Crippen molar-refractivity contribution in [2.45, 2.75) is 26.2 Å². The van der Waals surface area contributed by atoms with Gasteiger partial charge in [0, 0.05) is 5.41 Å². The van der Waals surface area contributed by atoms with Gasteiger partial charge in [0.15, 0.2) is 5.82 Å². The lowest BCUT2D eigenvalue weighted by Gasteiger charge is -2.20. The van der Waals surface area contributed by atoms with Crippen molar-refractivity contribution in [3.05, 3.63) is 32.9 Å². The maximum atomic E-state index is 6.19. The molecule has 0 bridgehead atoms. The predicted molar refractivity (Wildman–Crippen MR) is 79.5 cm³/mol. The summed E-state index contributed by atoms with van der Waals surface area (Å²) in [7, 11) is 0. The Bertz CT molecular complexity index is 629. The summed E-state index contributed by atoms with van der Waals surface area (Å²) in [6.45, 7) is 6.05. The van der Waals surface area contributed by atoms with Crippen molar-refractivity contribution in [3.63, 3.8) is 0 Å². The van der Waals surface area contributed by atoms with Crippen LogP contribution in [0.15, 0.2) is 12.1 Å². The molecule has 1 heterocycles. The summed E-state index contributed by atoms with van der Waals surface area (Å²) in [5.41, 5.74) is 7.03. The number of anilines is 1. The molecule has 0 aliphatic heterocycles. The van der Waals surface area contributed by atoms with E-state index >= 15 is 0 Å². The van der Waals surface area contributed by atoms with Crippen molar-refractivity contribution in [1.82, 2.24) is 15.0 Å². The number of nitrogens with two attached hydrogens (primary N) is 1. The summed E-state index contributed by atoms with van der Waals surface area (Å²) in [5.74, 6) is 0.370. The van der Waals surface area contributed by atoms with Crippen LogP contribution in [0.4, 0.5) is 5.82 Å². The SMILES string of the molecule is CC(C)(C)c1c(N)nnn1-c1cc(Cl)c(Cl)cc1Cl. The second kappa shape index (κ2) is 4.85. The first-order valence-electron chi connectivity index (χ1n) is 5.58. The number of halogens is 3. The number of nitrogen functional groups attached to an aromatic ring is 1. The van der Waals surface area contributed by atoms with E-state index in [1.165, 1.54) is 0 Å². The molecular weight excluding hydrogens is 307 g/mol. The van der Waals surface area contributed by atoms with Crippen LogP contribution in [-0.2, 0) is 5.41 Å². The smallest absolute Gasteiger partial charge is 0.170 e. The Labute approximate surface area is 126 Å². The summed E-state index contributed by atoms with van der Waals surface area (Å²) in [5, 5.41) is 9.17. The van der Waals surface area contributed by atoms with E-state index in [0.717, 1.165) is 5.69 Å². The third-order valence-electron chi connectivity index (χ3n) is 2.62. The largest absolute Gasteiger partial charge is 0.381 e. The molecule has 19 heavy (non-hydrogen) atoms. The molecule has 0 radical (unpaired) electrons. The van der Waals surface area contributed by atoms with Crippen molar-refractivity contribution in [3.8, 4) is 5.69 Å². The summed E-state index contributed by atoms with van der Waals surface area (Å²) < 4.78 is 1.60. The number of benzene rings is 1. The Morgan fingerprint density at radius 1 is 1.05 bits per heavy atom. The van der Waals surface area contributed by atoms with E-state index in [1.807, 2.05) is 20.8 Å². The van der Waals surface area contributed by atoms with E-state index in [-0.39, 0.29) is 5.41 Å². The van der Waals surface area contributed by atoms with Gasteiger partial charge in [-0.3, -0.25) is 0 Å². The highest BCUT2D eigenvalue weighted by atomic mass is 35.5. The lowest BCUT2D eigenvalue weighted by Crippen LogP contribution is -2.19. The fraction of sp³-hybridized carbons (Fsp3) is 0.333. The van der Waals surface area contributed by atoms with E-state index < -0.39 is 0 Å². The Kier molecular flexibility index (Phi) is 3.69. The number of nitrogens with zero attached hydrogens (tertiary/aromatic N) is 3. The van der Waals surface area contributed by atoms with Crippen LogP contribution in [0.3, 0.4) is 0 Å². The minimum absolute atomic E-state index is 0.233. The second-order valence-electron chi connectivity index (χ2n) is 5.20. The van der Waals surface area contributed by atoms with Crippen LogP contribution in [-0.4, -0.2) is 15.0 Å². The van der Waals surface area contributed by atoms with Gasteiger partial charge in [0.25, 0.3) is 0 Å². The molecule has 2 N–H and O–H groups in total. The number of hydrogen-bond acceptors (Lipinski definition) is 3. The first kappa shape index (κ1) is 14.4. The standard InChI is InChI=1S/C12H13Cl3N4/c1-12(2,3)10-11(16)17-18-19(10)9-5-7(14)6(13)4-8(9)15/h4-5H,16H2,1-3H3. The molecule has 0 spiro atoms. The maximum Gasteiger partial charge on any atom is 0.170 e. The zero-order valence-electron chi connectivity index (χ0n) is 10.7. The first-order chi connectivity index (χ1) is 8.71. The lowest BCUT2D eigenvalue weighted by atomic mass is 9.91. The fourth-order valence-corrected chi connectivity index (χ4v) is 2.46. The highest BCUT2D eigenvalue weighted by molar-refractivity contribution is 6.43. The molecule has 0 fully saturated rings. The van der Waals surface area contributed by atoms with Gasteiger partial charge >= 0.3 is 0 Å². The summed E-state index contributed by atoms with van der Waals surface area (Å²) in [4.78, 5) is 0. The fourth-order valence-electron chi connectivity index (χ4n) is 1.84. The molecule has 7 heteroatoms. The van der Waals surface area contributed by atoms with Crippen LogP contribution in [0, 0.1) is 0 Å². The highest BCUT2D eigenvalue weighted by Crippen LogP contribution is 2.34. The van der Waals surface area contributed by atoms with Gasteiger partial charge in [-0.2, -0.15) is 0 Å². The van der Waals surface area contributed by atoms with Gasteiger partial charge < -0.3 is 5.73 Å². The Balaban J connectivity index is 2.70. The van der Waals surface area contributed by atoms with Crippen molar-refractivity contribution in [1.29, 1.82) is 0 Å². The van der Waals surface area contributed by atoms with Gasteiger partial charge in [0.1, 0.15) is 0 Å². The van der Waals surface area contributed by atoms with Crippen LogP contribution >= 0.6 is 34.8 Å². The maximum absolute atomic E-state index is 6.19. The van der Waals surface area contributed by atoms with Crippen molar-refractivity contribution >= 4 is 40.6 Å². The monoisotopic (exact) mass is 318 g/mol. The van der Waals surface area contributed by atoms with Crippen molar-refractivity contribution < 1.29 is 0 Å². The molecule has 0 aliphatic rings. The minimum Gasteiger partial charge on any atom is -0.381 e. The van der Waals surface area contributed by atoms with Crippen LogP contribution in [0.1, 0.15) is 26.5 Å². The average Bonchev–Trinajstić information content (AvgIpc) is 2.65. The van der Waals surface area contributed by atoms with Crippen LogP contribution < -0.4 is 5.73 Å². The Hall–Kier alpha value is -0.970. The van der Waals surface area contributed by atoms with Crippen LogP contribution in [0.5, 0.6) is 0 Å². The molecule has 0 unspecified atom stereocenters.